The maximum absolute atomic E-state index is 11.8. The van der Waals surface area contributed by atoms with E-state index in [1.165, 1.54) is 53.0 Å². The SMILES string of the molecule is COc1cc(OC(C)=O)cc2c1C[C@H](OC(C)=O)[C@@H](c1ccc(OC(C)=O)c(OC(C)=O)c1)O2. The van der Waals surface area contributed by atoms with Crippen molar-refractivity contribution < 1.29 is 47.6 Å². The number of esters is 4. The highest BCUT2D eigenvalue weighted by atomic mass is 16.6. The van der Waals surface area contributed by atoms with E-state index in [9.17, 15) is 19.2 Å². The molecule has 0 aromatic heterocycles. The van der Waals surface area contributed by atoms with Gasteiger partial charge in [-0.2, -0.15) is 0 Å². The third kappa shape index (κ3) is 5.83. The topological polar surface area (TPSA) is 124 Å². The number of fused-ring (bicyclic) bond motifs is 1. The number of rotatable bonds is 6. The van der Waals surface area contributed by atoms with Crippen molar-refractivity contribution >= 4 is 23.9 Å². The molecule has 1 aliphatic heterocycles. The summed E-state index contributed by atoms with van der Waals surface area (Å²) in [6.45, 7) is 4.98. The molecule has 2 aromatic carbocycles. The number of carbonyl (C=O) groups is 4. The van der Waals surface area contributed by atoms with Crippen LogP contribution in [-0.4, -0.2) is 37.1 Å². The van der Waals surface area contributed by atoms with Gasteiger partial charge in [-0.1, -0.05) is 6.07 Å². The van der Waals surface area contributed by atoms with Crippen LogP contribution in [0.15, 0.2) is 30.3 Å². The quantitative estimate of drug-likeness (QED) is 0.458. The zero-order valence-electron chi connectivity index (χ0n) is 19.3. The second-order valence-corrected chi connectivity index (χ2v) is 7.48. The standard InChI is InChI=1S/C24H24O10/c1-12(25)30-17-9-20(29-5)18-11-23(33-15(4)28)24(34-21(18)10-17)16-6-7-19(31-13(2)26)22(8-16)32-14(3)27/h6-10,23-24H,11H2,1-5H3/t23-,24+/m0/s1. The van der Waals surface area contributed by atoms with Crippen molar-refractivity contribution in [1.29, 1.82) is 0 Å². The first-order valence-electron chi connectivity index (χ1n) is 10.3. The van der Waals surface area contributed by atoms with Gasteiger partial charge in [0.05, 0.1) is 7.11 Å². The lowest BCUT2D eigenvalue weighted by molar-refractivity contribution is -0.152. The normalized spacial score (nSPS) is 16.4. The van der Waals surface area contributed by atoms with E-state index in [1.807, 2.05) is 0 Å². The summed E-state index contributed by atoms with van der Waals surface area (Å²) >= 11 is 0. The fourth-order valence-electron chi connectivity index (χ4n) is 3.60. The van der Waals surface area contributed by atoms with Crippen molar-refractivity contribution in [3.63, 3.8) is 0 Å². The molecule has 34 heavy (non-hydrogen) atoms. The molecule has 0 saturated heterocycles. The second kappa shape index (κ2) is 10.2. The van der Waals surface area contributed by atoms with Crippen molar-refractivity contribution in [2.45, 2.75) is 46.3 Å². The summed E-state index contributed by atoms with van der Waals surface area (Å²) in [4.78, 5) is 46.3. The number of hydrogen-bond acceptors (Lipinski definition) is 10. The third-order valence-electron chi connectivity index (χ3n) is 4.74. The van der Waals surface area contributed by atoms with Gasteiger partial charge in [-0.3, -0.25) is 19.2 Å². The molecule has 0 saturated carbocycles. The Morgan fingerprint density at radius 2 is 1.44 bits per heavy atom. The molecule has 0 bridgehead atoms. The number of ether oxygens (including phenoxy) is 6. The molecule has 0 fully saturated rings. The third-order valence-corrected chi connectivity index (χ3v) is 4.74. The largest absolute Gasteiger partial charge is 0.496 e. The maximum Gasteiger partial charge on any atom is 0.308 e. The van der Waals surface area contributed by atoms with Crippen molar-refractivity contribution in [3.05, 3.63) is 41.5 Å². The van der Waals surface area contributed by atoms with Gasteiger partial charge >= 0.3 is 23.9 Å². The molecule has 0 amide bonds. The van der Waals surface area contributed by atoms with Gasteiger partial charge in [0.2, 0.25) is 0 Å². The molecule has 2 atom stereocenters. The Kier molecular flexibility index (Phi) is 7.40. The van der Waals surface area contributed by atoms with Crippen molar-refractivity contribution in [2.24, 2.45) is 0 Å². The van der Waals surface area contributed by atoms with Crippen LogP contribution in [0, 0.1) is 0 Å². The van der Waals surface area contributed by atoms with E-state index in [2.05, 4.69) is 0 Å². The van der Waals surface area contributed by atoms with E-state index in [0.29, 0.717) is 22.6 Å². The Labute approximate surface area is 195 Å². The predicted molar refractivity (Wildman–Crippen MR) is 116 cm³/mol. The molecule has 3 rings (SSSR count). The minimum atomic E-state index is -0.825. The zero-order valence-corrected chi connectivity index (χ0v) is 19.3. The van der Waals surface area contributed by atoms with Gasteiger partial charge in [0.25, 0.3) is 0 Å². The molecule has 1 heterocycles. The van der Waals surface area contributed by atoms with Crippen molar-refractivity contribution in [1.82, 2.24) is 0 Å². The average Bonchev–Trinajstić information content (AvgIpc) is 2.72. The van der Waals surface area contributed by atoms with E-state index in [-0.39, 0.29) is 23.7 Å². The van der Waals surface area contributed by atoms with Crippen LogP contribution in [0.1, 0.15) is 44.9 Å². The molecule has 0 unspecified atom stereocenters. The molecule has 10 heteroatoms. The van der Waals surface area contributed by atoms with Crippen LogP contribution in [0.25, 0.3) is 0 Å². The highest BCUT2D eigenvalue weighted by Crippen LogP contribution is 2.44. The first-order chi connectivity index (χ1) is 16.1. The Balaban J connectivity index is 2.07. The van der Waals surface area contributed by atoms with Crippen molar-refractivity contribution in [2.75, 3.05) is 7.11 Å². The monoisotopic (exact) mass is 472 g/mol. The Bertz CT molecular complexity index is 1140. The van der Waals surface area contributed by atoms with Crippen LogP contribution in [0.5, 0.6) is 28.7 Å². The van der Waals surface area contributed by atoms with Gasteiger partial charge in [-0.05, 0) is 12.1 Å². The van der Waals surface area contributed by atoms with E-state index >= 15 is 0 Å². The fraction of sp³-hybridized carbons (Fsp3) is 0.333. The van der Waals surface area contributed by atoms with Crippen molar-refractivity contribution in [3.8, 4) is 28.7 Å². The molecule has 1 aliphatic rings. The Hall–Kier alpha value is -4.08. The number of hydrogen-bond donors (Lipinski definition) is 0. The van der Waals surface area contributed by atoms with E-state index in [4.69, 9.17) is 28.4 Å². The fourth-order valence-corrected chi connectivity index (χ4v) is 3.60. The van der Waals surface area contributed by atoms with Crippen LogP contribution in [0.3, 0.4) is 0 Å². The summed E-state index contributed by atoms with van der Waals surface area (Å²) in [6, 6.07) is 7.61. The Morgan fingerprint density at radius 1 is 0.794 bits per heavy atom. The van der Waals surface area contributed by atoms with Gasteiger partial charge in [0.15, 0.2) is 17.6 Å². The minimum Gasteiger partial charge on any atom is -0.496 e. The van der Waals surface area contributed by atoms with Crippen LogP contribution in [0.2, 0.25) is 0 Å². The average molecular weight is 472 g/mol. The Morgan fingerprint density at radius 3 is 2.03 bits per heavy atom. The molecule has 0 aliphatic carbocycles. The summed E-state index contributed by atoms with van der Waals surface area (Å²) in [5, 5.41) is 0. The number of methoxy groups -OCH3 is 1. The zero-order chi connectivity index (χ0) is 25.0. The van der Waals surface area contributed by atoms with Gasteiger partial charge in [0, 0.05) is 57.4 Å². The summed E-state index contributed by atoms with van der Waals surface area (Å²) < 4.78 is 32.6. The molecule has 0 radical (unpaired) electrons. The summed E-state index contributed by atoms with van der Waals surface area (Å²) in [5.74, 6) is -1.21. The summed E-state index contributed by atoms with van der Waals surface area (Å²) in [7, 11) is 1.46. The summed E-state index contributed by atoms with van der Waals surface area (Å²) in [6.07, 6.45) is -1.35. The first-order valence-corrected chi connectivity index (χ1v) is 10.3. The lowest BCUT2D eigenvalue weighted by Gasteiger charge is -2.34. The van der Waals surface area contributed by atoms with E-state index in [0.717, 1.165) is 0 Å². The molecule has 10 nitrogen and oxygen atoms in total. The van der Waals surface area contributed by atoms with Gasteiger partial charge < -0.3 is 28.4 Å². The molecular formula is C24H24O10. The predicted octanol–water partition coefficient (Wildman–Crippen LogP) is 3.08. The second-order valence-electron chi connectivity index (χ2n) is 7.48. The van der Waals surface area contributed by atoms with Gasteiger partial charge in [-0.25, -0.2) is 0 Å². The lowest BCUT2D eigenvalue weighted by Crippen LogP contribution is -2.34. The van der Waals surface area contributed by atoms with Gasteiger partial charge in [0.1, 0.15) is 23.4 Å². The van der Waals surface area contributed by atoms with E-state index in [1.54, 1.807) is 12.1 Å². The lowest BCUT2D eigenvalue weighted by atomic mass is 9.93. The van der Waals surface area contributed by atoms with E-state index < -0.39 is 36.1 Å². The molecular weight excluding hydrogens is 448 g/mol. The maximum atomic E-state index is 11.8. The smallest absolute Gasteiger partial charge is 0.308 e. The van der Waals surface area contributed by atoms with Crippen LogP contribution in [0.4, 0.5) is 0 Å². The van der Waals surface area contributed by atoms with Crippen LogP contribution >= 0.6 is 0 Å². The highest BCUT2D eigenvalue weighted by molar-refractivity contribution is 5.74. The first kappa shape index (κ1) is 24.6. The minimum absolute atomic E-state index is 0.00224. The van der Waals surface area contributed by atoms with Crippen LogP contribution < -0.4 is 23.7 Å². The highest BCUT2D eigenvalue weighted by Gasteiger charge is 2.36. The van der Waals surface area contributed by atoms with Crippen LogP contribution in [-0.2, 0) is 30.3 Å². The molecule has 0 N–H and O–H groups in total. The summed E-state index contributed by atoms with van der Waals surface area (Å²) in [5.41, 5.74) is 1.11. The molecule has 180 valence electrons. The number of benzene rings is 2. The number of carbonyl (C=O) groups excluding carboxylic acids is 4. The van der Waals surface area contributed by atoms with Gasteiger partial charge in [-0.15, -0.1) is 0 Å². The molecule has 2 aromatic rings. The molecule has 0 spiro atoms.